The van der Waals surface area contributed by atoms with Crippen LogP contribution in [0.15, 0.2) is 47.6 Å². The maximum atomic E-state index is 13.4. The number of ether oxygens (including phenoxy) is 4. The molecule has 1 aliphatic heterocycles. The molecule has 41 heavy (non-hydrogen) atoms. The quantitative estimate of drug-likeness (QED) is 0.202. The first-order chi connectivity index (χ1) is 19.3. The molecule has 0 bridgehead atoms. The van der Waals surface area contributed by atoms with Crippen molar-refractivity contribution in [3.8, 4) is 5.75 Å². The molecule has 7 heteroatoms. The number of ketones is 1. The fourth-order valence-corrected chi connectivity index (χ4v) is 6.08. The van der Waals surface area contributed by atoms with Crippen molar-refractivity contribution in [1.29, 1.82) is 0 Å². The molecule has 1 aromatic rings. The molecule has 1 heterocycles. The second-order valence-corrected chi connectivity index (χ2v) is 12.6. The zero-order valence-electron chi connectivity index (χ0n) is 26.2. The Labute approximate surface area is 245 Å². The molecule has 1 saturated heterocycles. The van der Waals surface area contributed by atoms with E-state index in [2.05, 4.69) is 46.8 Å². The van der Waals surface area contributed by atoms with Gasteiger partial charge < -0.3 is 18.9 Å². The molecule has 3 rings (SSSR count). The molecule has 0 radical (unpaired) electrons. The van der Waals surface area contributed by atoms with E-state index in [9.17, 15) is 14.4 Å². The molecule has 1 aromatic carbocycles. The molecule has 1 fully saturated rings. The smallest absolute Gasteiger partial charge is 0.342 e. The van der Waals surface area contributed by atoms with Crippen LogP contribution in [0.2, 0.25) is 0 Å². The van der Waals surface area contributed by atoms with Crippen LogP contribution in [0.4, 0.5) is 0 Å². The predicted octanol–water partition coefficient (Wildman–Crippen LogP) is 6.81. The molecule has 7 nitrogen and oxygen atoms in total. The normalized spacial score (nSPS) is 25.5. The zero-order valence-corrected chi connectivity index (χ0v) is 26.2. The lowest BCUT2D eigenvalue weighted by Crippen LogP contribution is -2.37. The van der Waals surface area contributed by atoms with Crippen molar-refractivity contribution in [1.82, 2.24) is 0 Å². The van der Waals surface area contributed by atoms with E-state index in [1.54, 1.807) is 21.1 Å². The minimum Gasteiger partial charge on any atom is -0.497 e. The van der Waals surface area contributed by atoms with E-state index in [1.165, 1.54) is 0 Å². The number of cyclic esters (lactones) is 1. The number of esters is 2. The average molecular weight is 569 g/mol. The van der Waals surface area contributed by atoms with Crippen molar-refractivity contribution in [2.75, 3.05) is 14.2 Å². The van der Waals surface area contributed by atoms with Crippen molar-refractivity contribution in [2.24, 2.45) is 29.1 Å². The van der Waals surface area contributed by atoms with Crippen LogP contribution in [0, 0.1) is 29.1 Å². The van der Waals surface area contributed by atoms with E-state index in [0.717, 1.165) is 24.2 Å². The summed E-state index contributed by atoms with van der Waals surface area (Å²) in [6.45, 7) is 14.4. The first-order valence-electron chi connectivity index (χ1n) is 14.8. The Morgan fingerprint density at radius 3 is 2.44 bits per heavy atom. The molecule has 2 aliphatic rings. The van der Waals surface area contributed by atoms with E-state index >= 15 is 0 Å². The van der Waals surface area contributed by atoms with Crippen molar-refractivity contribution in [3.63, 3.8) is 0 Å². The van der Waals surface area contributed by atoms with E-state index in [0.29, 0.717) is 23.8 Å². The van der Waals surface area contributed by atoms with Crippen LogP contribution in [-0.2, 0) is 28.6 Å². The predicted molar refractivity (Wildman–Crippen MR) is 158 cm³/mol. The lowest BCUT2D eigenvalue weighted by Gasteiger charge is -2.36. The van der Waals surface area contributed by atoms with E-state index < -0.39 is 24.1 Å². The summed E-state index contributed by atoms with van der Waals surface area (Å²) < 4.78 is 22.0. The number of benzene rings is 1. The van der Waals surface area contributed by atoms with Crippen molar-refractivity contribution in [3.05, 3.63) is 53.1 Å². The summed E-state index contributed by atoms with van der Waals surface area (Å²) in [4.78, 5) is 38.3. The average Bonchev–Trinajstić information content (AvgIpc) is 3.24. The van der Waals surface area contributed by atoms with E-state index in [4.69, 9.17) is 18.9 Å². The Balaban J connectivity index is 1.75. The highest BCUT2D eigenvalue weighted by molar-refractivity contribution is 6.19. The molecule has 0 aromatic heterocycles. The summed E-state index contributed by atoms with van der Waals surface area (Å²) in [5.74, 6) is 0.237. The first-order valence-corrected chi connectivity index (χ1v) is 14.8. The minimum atomic E-state index is -0.687. The molecule has 1 aliphatic carbocycles. The fraction of sp³-hybridized carbons (Fsp3) is 0.618. The lowest BCUT2D eigenvalue weighted by atomic mass is 9.67. The summed E-state index contributed by atoms with van der Waals surface area (Å²) in [6.07, 6.45) is 5.38. The summed E-state index contributed by atoms with van der Waals surface area (Å²) in [5.41, 5.74) is 1.52. The van der Waals surface area contributed by atoms with Gasteiger partial charge >= 0.3 is 11.9 Å². The van der Waals surface area contributed by atoms with Gasteiger partial charge in [-0.25, -0.2) is 4.79 Å². The molecule has 7 atom stereocenters. The highest BCUT2D eigenvalue weighted by atomic mass is 16.6. The number of hydrogen-bond donors (Lipinski definition) is 0. The van der Waals surface area contributed by atoms with Gasteiger partial charge in [-0.2, -0.15) is 0 Å². The van der Waals surface area contributed by atoms with Crippen LogP contribution in [-0.4, -0.2) is 44.1 Å². The maximum absolute atomic E-state index is 13.4. The first kappa shape index (κ1) is 32.6. The Morgan fingerprint density at radius 1 is 1.12 bits per heavy atom. The van der Waals surface area contributed by atoms with Gasteiger partial charge in [-0.15, -0.1) is 0 Å². The Kier molecular flexibility index (Phi) is 11.0. The standard InChI is InChI=1S/C34H48O7/c1-20(23(4)21(2)14-16-28(39-9)25-11-10-12-26(17-25)38-8)13-15-27-31(32(36)22(3)19-34(27,6)7)33(37)41-29-18-30(35)40-24(29)5/h10-13,15,17,20-24,28-29H,14,16,18-19H2,1-9H3/b15-13+/t20-,21-,22+,23-,24+,28-,29+/m0/s1. The highest BCUT2D eigenvalue weighted by Crippen LogP contribution is 2.43. The van der Waals surface area contributed by atoms with Gasteiger partial charge in [0.2, 0.25) is 0 Å². The van der Waals surface area contributed by atoms with Crippen molar-refractivity contribution in [2.45, 2.75) is 92.5 Å². The molecular weight excluding hydrogens is 520 g/mol. The summed E-state index contributed by atoms with van der Waals surface area (Å²) in [5, 5.41) is 0. The molecular formula is C34H48O7. The Hall–Kier alpha value is -2.93. The van der Waals surface area contributed by atoms with Crippen LogP contribution >= 0.6 is 0 Å². The monoisotopic (exact) mass is 568 g/mol. The van der Waals surface area contributed by atoms with Crippen molar-refractivity contribution >= 4 is 17.7 Å². The largest absolute Gasteiger partial charge is 0.497 e. The molecule has 0 amide bonds. The number of carbonyl (C=O) groups excluding carboxylic acids is 3. The number of carbonyl (C=O) groups is 3. The molecule has 0 N–H and O–H groups in total. The molecule has 226 valence electrons. The van der Waals surface area contributed by atoms with Crippen LogP contribution in [0.25, 0.3) is 0 Å². The highest BCUT2D eigenvalue weighted by Gasteiger charge is 2.43. The van der Waals surface area contributed by atoms with Crippen LogP contribution in [0.3, 0.4) is 0 Å². The second kappa shape index (κ2) is 13.8. The number of hydrogen-bond acceptors (Lipinski definition) is 7. The minimum absolute atomic E-state index is 0.00663. The van der Waals surface area contributed by atoms with Gasteiger partial charge in [0.05, 0.1) is 19.6 Å². The molecule has 0 unspecified atom stereocenters. The van der Waals surface area contributed by atoms with Gasteiger partial charge in [0, 0.05) is 13.0 Å². The van der Waals surface area contributed by atoms with Gasteiger partial charge in [0.1, 0.15) is 23.5 Å². The van der Waals surface area contributed by atoms with Gasteiger partial charge in [-0.05, 0) is 72.6 Å². The topological polar surface area (TPSA) is 88.1 Å². The SMILES string of the molecule is COc1cccc([C@H](CC[C@H](C)[C@@H](C)[C@@H](C)/C=C/C2=C(C(=O)O[C@@H]3CC(=O)O[C@@H]3C)C(=O)[C@H](C)CC2(C)C)OC)c1. The third-order valence-corrected chi connectivity index (χ3v) is 9.11. The third kappa shape index (κ3) is 7.88. The summed E-state index contributed by atoms with van der Waals surface area (Å²) in [7, 11) is 3.41. The van der Waals surface area contributed by atoms with Crippen LogP contribution in [0.5, 0.6) is 5.75 Å². The number of methoxy groups -OCH3 is 2. The maximum Gasteiger partial charge on any atom is 0.342 e. The van der Waals surface area contributed by atoms with Gasteiger partial charge in [-0.3, -0.25) is 9.59 Å². The number of Topliss-reactive ketones (excluding diaryl/α,β-unsaturated/α-hetero) is 1. The van der Waals surface area contributed by atoms with E-state index in [1.807, 2.05) is 31.2 Å². The number of rotatable bonds is 12. The van der Waals surface area contributed by atoms with Gasteiger partial charge in [-0.1, -0.05) is 65.8 Å². The Bertz CT molecular complexity index is 1160. The molecule has 0 saturated carbocycles. The summed E-state index contributed by atoms with van der Waals surface area (Å²) in [6, 6.07) is 8.01. The van der Waals surface area contributed by atoms with Gasteiger partial charge in [0.25, 0.3) is 0 Å². The van der Waals surface area contributed by atoms with Crippen molar-refractivity contribution < 1.29 is 33.3 Å². The second-order valence-electron chi connectivity index (χ2n) is 12.6. The molecule has 0 spiro atoms. The van der Waals surface area contributed by atoms with Crippen LogP contribution in [0.1, 0.15) is 85.8 Å². The van der Waals surface area contributed by atoms with Crippen LogP contribution < -0.4 is 4.74 Å². The fourth-order valence-electron chi connectivity index (χ4n) is 6.08. The van der Waals surface area contributed by atoms with Gasteiger partial charge in [0.15, 0.2) is 5.78 Å². The number of allylic oxidation sites excluding steroid dienone is 3. The summed E-state index contributed by atoms with van der Waals surface area (Å²) >= 11 is 0. The zero-order chi connectivity index (χ0) is 30.5. The Morgan fingerprint density at radius 2 is 1.83 bits per heavy atom. The third-order valence-electron chi connectivity index (χ3n) is 9.11. The lowest BCUT2D eigenvalue weighted by molar-refractivity contribution is -0.149. The van der Waals surface area contributed by atoms with E-state index in [-0.39, 0.29) is 41.1 Å².